The summed E-state index contributed by atoms with van der Waals surface area (Å²) in [6, 6.07) is 2.34. The second-order valence-electron chi connectivity index (χ2n) is 7.68. The Bertz CT molecular complexity index is 938. The van der Waals surface area contributed by atoms with Crippen LogP contribution in [0.4, 0.5) is 5.82 Å². The molecule has 0 spiro atoms. The average molecular weight is 413 g/mol. The predicted molar refractivity (Wildman–Crippen MR) is 103 cm³/mol. The summed E-state index contributed by atoms with van der Waals surface area (Å²) < 4.78 is 0.939. The fraction of sp³-hybridized carbons (Fsp3) is 0.450. The fourth-order valence-electron chi connectivity index (χ4n) is 4.09. The van der Waals surface area contributed by atoms with Gasteiger partial charge in [0.05, 0.1) is 22.3 Å². The largest absolute Gasteiger partial charge is 0.351 e. The van der Waals surface area contributed by atoms with Crippen molar-refractivity contribution in [2.24, 2.45) is 0 Å². The Morgan fingerprint density at radius 3 is 2.81 bits per heavy atom. The number of hydrogen-bond donors (Lipinski definition) is 0. The zero-order valence-electron chi connectivity index (χ0n) is 15.0. The molecule has 0 N–H and O–H groups in total. The minimum Gasteiger partial charge on any atom is -0.351 e. The van der Waals surface area contributed by atoms with Gasteiger partial charge in [0.1, 0.15) is 5.82 Å². The van der Waals surface area contributed by atoms with Crippen molar-refractivity contribution in [3.05, 3.63) is 50.4 Å². The van der Waals surface area contributed by atoms with E-state index in [1.807, 2.05) is 14.0 Å². The summed E-state index contributed by atoms with van der Waals surface area (Å²) in [5.41, 5.74) is 6.57. The highest BCUT2D eigenvalue weighted by Gasteiger charge is 2.32. The molecule has 0 radical (unpaired) electrons. The van der Waals surface area contributed by atoms with Crippen LogP contribution in [0.2, 0.25) is 0 Å². The number of halogens is 1. The Balaban J connectivity index is 1.52. The topological polar surface area (TPSA) is 49.3 Å². The molecule has 5 rings (SSSR count). The van der Waals surface area contributed by atoms with Crippen LogP contribution < -0.4 is 4.90 Å². The minimum absolute atomic E-state index is 0.0690. The monoisotopic (exact) mass is 412 g/mol. The molecule has 134 valence electrons. The van der Waals surface area contributed by atoms with Gasteiger partial charge in [0.2, 0.25) is 0 Å². The molecule has 26 heavy (non-hydrogen) atoms. The van der Waals surface area contributed by atoms with E-state index in [2.05, 4.69) is 33.1 Å². The van der Waals surface area contributed by atoms with Crippen molar-refractivity contribution >= 4 is 27.7 Å². The first-order valence-corrected chi connectivity index (χ1v) is 9.99. The van der Waals surface area contributed by atoms with Crippen LogP contribution >= 0.6 is 15.9 Å². The summed E-state index contributed by atoms with van der Waals surface area (Å²) in [7, 11) is 1.83. The zero-order valence-corrected chi connectivity index (χ0v) is 16.6. The van der Waals surface area contributed by atoms with Gasteiger partial charge in [-0.2, -0.15) is 0 Å². The predicted octanol–water partition coefficient (Wildman–Crippen LogP) is 3.57. The van der Waals surface area contributed by atoms with Gasteiger partial charge in [0.15, 0.2) is 0 Å². The highest BCUT2D eigenvalue weighted by atomic mass is 79.9. The molecule has 1 fully saturated rings. The molecule has 0 bridgehead atoms. The van der Waals surface area contributed by atoms with Crippen LogP contribution in [-0.2, 0) is 19.5 Å². The van der Waals surface area contributed by atoms with Gasteiger partial charge < -0.3 is 9.80 Å². The number of fused-ring (bicyclic) bond motifs is 2. The quantitative estimate of drug-likeness (QED) is 0.756. The number of hydrogen-bond acceptors (Lipinski definition) is 4. The third-order valence-corrected chi connectivity index (χ3v) is 6.74. The Hall–Kier alpha value is -1.95. The van der Waals surface area contributed by atoms with E-state index in [0.29, 0.717) is 6.54 Å². The van der Waals surface area contributed by atoms with Gasteiger partial charge >= 0.3 is 0 Å². The molecule has 6 heteroatoms. The molecular weight excluding hydrogens is 392 g/mol. The summed E-state index contributed by atoms with van der Waals surface area (Å²) in [6.45, 7) is 4.33. The Kier molecular flexibility index (Phi) is 3.61. The van der Waals surface area contributed by atoms with E-state index in [0.717, 1.165) is 52.5 Å². The number of carbonyl (C=O) groups excluding carboxylic acids is 1. The van der Waals surface area contributed by atoms with Crippen molar-refractivity contribution in [3.8, 4) is 0 Å². The average Bonchev–Trinajstić information content (AvgIpc) is 3.44. The van der Waals surface area contributed by atoms with Gasteiger partial charge in [0, 0.05) is 38.4 Å². The van der Waals surface area contributed by atoms with Crippen LogP contribution in [0.25, 0.3) is 0 Å². The standard InChI is InChI=1S/C20H21BrN4O/c1-11-17-16(10-24(2)20(17)26)23-19(18(11)21)25-6-5-15-14(9-25)7-13(8-22-15)12-3-4-12/h7-8,12H,3-6,9-10H2,1-2H3. The lowest BCUT2D eigenvalue weighted by Gasteiger charge is -2.31. The molecule has 0 aromatic carbocycles. The van der Waals surface area contributed by atoms with Crippen LogP contribution in [-0.4, -0.2) is 34.4 Å². The zero-order chi connectivity index (χ0) is 18.0. The molecule has 2 aromatic heterocycles. The number of amides is 1. The van der Waals surface area contributed by atoms with Crippen molar-refractivity contribution in [2.45, 2.75) is 45.2 Å². The maximum Gasteiger partial charge on any atom is 0.256 e. The van der Waals surface area contributed by atoms with E-state index in [1.54, 1.807) is 4.90 Å². The number of aromatic nitrogens is 2. The number of rotatable bonds is 2. The molecule has 3 aliphatic rings. The first-order chi connectivity index (χ1) is 12.5. The third kappa shape index (κ3) is 2.46. The summed E-state index contributed by atoms with van der Waals surface area (Å²) in [6.07, 6.45) is 5.59. The van der Waals surface area contributed by atoms with Crippen molar-refractivity contribution in [1.29, 1.82) is 0 Å². The molecule has 5 nitrogen and oxygen atoms in total. The van der Waals surface area contributed by atoms with Crippen molar-refractivity contribution in [1.82, 2.24) is 14.9 Å². The molecule has 2 aromatic rings. The van der Waals surface area contributed by atoms with Crippen LogP contribution in [0.5, 0.6) is 0 Å². The van der Waals surface area contributed by atoms with Gasteiger partial charge in [-0.05, 0) is 58.3 Å². The summed E-state index contributed by atoms with van der Waals surface area (Å²) in [4.78, 5) is 26.0. The molecule has 4 heterocycles. The van der Waals surface area contributed by atoms with E-state index in [9.17, 15) is 4.79 Å². The number of nitrogens with zero attached hydrogens (tertiary/aromatic N) is 4. The van der Waals surface area contributed by atoms with Crippen molar-refractivity contribution in [3.63, 3.8) is 0 Å². The van der Waals surface area contributed by atoms with Crippen LogP contribution in [0.3, 0.4) is 0 Å². The first-order valence-electron chi connectivity index (χ1n) is 9.20. The highest BCUT2D eigenvalue weighted by Crippen LogP contribution is 2.41. The van der Waals surface area contributed by atoms with Gasteiger partial charge in [-0.15, -0.1) is 0 Å². The highest BCUT2D eigenvalue weighted by molar-refractivity contribution is 9.10. The normalized spacial score (nSPS) is 19.0. The lowest BCUT2D eigenvalue weighted by Crippen LogP contribution is -2.32. The summed E-state index contributed by atoms with van der Waals surface area (Å²) in [5, 5.41) is 0. The van der Waals surface area contributed by atoms with Gasteiger partial charge in [-0.1, -0.05) is 6.07 Å². The summed E-state index contributed by atoms with van der Waals surface area (Å²) in [5.74, 6) is 1.74. The molecule has 0 saturated heterocycles. The van der Waals surface area contributed by atoms with Gasteiger partial charge in [-0.3, -0.25) is 9.78 Å². The van der Waals surface area contributed by atoms with Gasteiger partial charge in [0.25, 0.3) is 5.91 Å². The Morgan fingerprint density at radius 2 is 2.04 bits per heavy atom. The first kappa shape index (κ1) is 16.2. The Morgan fingerprint density at radius 1 is 1.23 bits per heavy atom. The number of pyridine rings is 2. The third-order valence-electron chi connectivity index (χ3n) is 5.79. The smallest absolute Gasteiger partial charge is 0.256 e. The molecule has 1 amide bonds. The Labute approximate surface area is 161 Å². The van der Waals surface area contributed by atoms with Crippen molar-refractivity contribution < 1.29 is 4.79 Å². The molecule has 1 saturated carbocycles. The second kappa shape index (κ2) is 5.78. The van der Waals surface area contributed by atoms with E-state index in [1.165, 1.54) is 29.7 Å². The maximum atomic E-state index is 12.4. The molecule has 0 unspecified atom stereocenters. The number of carbonyl (C=O) groups is 1. The van der Waals surface area contributed by atoms with Crippen LogP contribution in [0.15, 0.2) is 16.7 Å². The maximum absolute atomic E-state index is 12.4. The van der Waals surface area contributed by atoms with Crippen molar-refractivity contribution in [2.75, 3.05) is 18.5 Å². The number of anilines is 1. The lowest BCUT2D eigenvalue weighted by molar-refractivity contribution is 0.0815. The molecular formula is C20H21BrN4O. The van der Waals surface area contributed by atoms with Gasteiger partial charge in [-0.25, -0.2) is 4.98 Å². The van der Waals surface area contributed by atoms with E-state index >= 15 is 0 Å². The fourth-order valence-corrected chi connectivity index (χ4v) is 4.62. The summed E-state index contributed by atoms with van der Waals surface area (Å²) >= 11 is 3.71. The van der Waals surface area contributed by atoms with E-state index in [-0.39, 0.29) is 5.91 Å². The second-order valence-corrected chi connectivity index (χ2v) is 8.47. The lowest BCUT2D eigenvalue weighted by atomic mass is 10.0. The molecule has 0 atom stereocenters. The molecule has 1 aliphatic carbocycles. The van der Waals surface area contributed by atoms with Crippen LogP contribution in [0.1, 0.15) is 57.2 Å². The SMILES string of the molecule is Cc1c(Br)c(N2CCc3ncc(C4CC4)cc3C2)nc2c1C(=O)N(C)C2. The van der Waals surface area contributed by atoms with E-state index in [4.69, 9.17) is 9.97 Å². The van der Waals surface area contributed by atoms with E-state index < -0.39 is 0 Å². The molecule has 2 aliphatic heterocycles. The van der Waals surface area contributed by atoms with Crippen LogP contribution in [0, 0.1) is 6.92 Å². The minimum atomic E-state index is 0.0690.